The van der Waals surface area contributed by atoms with Gasteiger partial charge in [0.2, 0.25) is 5.78 Å². The van der Waals surface area contributed by atoms with Crippen molar-refractivity contribution >= 4 is 33.8 Å². The van der Waals surface area contributed by atoms with Crippen molar-refractivity contribution < 1.29 is 14.4 Å². The molecular formula is C22H20N2O3S. The molecule has 0 N–H and O–H groups in total. The Morgan fingerprint density at radius 1 is 0.893 bits per heavy atom. The van der Waals surface area contributed by atoms with E-state index < -0.39 is 23.8 Å². The number of carbonyl (C=O) groups is 3. The van der Waals surface area contributed by atoms with Crippen LogP contribution in [0.15, 0.2) is 66.0 Å². The van der Waals surface area contributed by atoms with Crippen molar-refractivity contribution in [3.63, 3.8) is 0 Å². The number of Topliss-reactive ketones (excluding diaryl/α,β-unsaturated/α-hetero) is 3. The Hall–Kier alpha value is -3.12. The van der Waals surface area contributed by atoms with Crippen LogP contribution < -0.4 is 4.90 Å². The minimum Gasteiger partial charge on any atom is -0.339 e. The largest absolute Gasteiger partial charge is 0.339 e. The highest BCUT2D eigenvalue weighted by atomic mass is 32.1. The lowest BCUT2D eigenvalue weighted by molar-refractivity contribution is -0.134. The van der Waals surface area contributed by atoms with Crippen LogP contribution in [0.4, 0.5) is 5.13 Å². The van der Waals surface area contributed by atoms with Gasteiger partial charge in [-0.25, -0.2) is 4.98 Å². The monoisotopic (exact) mass is 392 g/mol. The molecule has 0 amide bonds. The van der Waals surface area contributed by atoms with E-state index in [0.29, 0.717) is 18.2 Å². The molecule has 0 aliphatic rings. The van der Waals surface area contributed by atoms with Gasteiger partial charge in [-0.15, -0.1) is 11.3 Å². The van der Waals surface area contributed by atoms with Gasteiger partial charge in [-0.05, 0) is 11.1 Å². The molecule has 0 aliphatic carbocycles. The van der Waals surface area contributed by atoms with Gasteiger partial charge in [-0.2, -0.15) is 0 Å². The molecule has 0 saturated carbocycles. The number of hydrogen-bond donors (Lipinski definition) is 0. The molecule has 3 aromatic rings. The SMILES string of the molecule is CC(=O)C(=O)CC(=O)c1csc(N(Cc2ccccc2)Cc2ccccc2)n1. The third-order valence-corrected chi connectivity index (χ3v) is 5.10. The Bertz CT molecular complexity index is 926. The summed E-state index contributed by atoms with van der Waals surface area (Å²) in [6.45, 7) is 2.45. The average Bonchev–Trinajstić information content (AvgIpc) is 3.19. The second-order valence-electron chi connectivity index (χ2n) is 6.42. The first-order valence-corrected chi connectivity index (χ1v) is 9.76. The zero-order valence-electron chi connectivity index (χ0n) is 15.5. The van der Waals surface area contributed by atoms with Gasteiger partial charge in [-0.1, -0.05) is 60.7 Å². The van der Waals surface area contributed by atoms with Crippen LogP contribution in [-0.4, -0.2) is 22.3 Å². The Balaban J connectivity index is 1.81. The van der Waals surface area contributed by atoms with E-state index in [1.165, 1.54) is 18.3 Å². The molecule has 0 unspecified atom stereocenters. The zero-order valence-corrected chi connectivity index (χ0v) is 16.3. The predicted octanol–water partition coefficient (Wildman–Crippen LogP) is 4.08. The summed E-state index contributed by atoms with van der Waals surface area (Å²) in [6, 6.07) is 20.1. The van der Waals surface area contributed by atoms with Crippen molar-refractivity contribution in [2.75, 3.05) is 4.90 Å². The Kier molecular flexibility index (Phi) is 6.45. The van der Waals surface area contributed by atoms with E-state index >= 15 is 0 Å². The topological polar surface area (TPSA) is 67.3 Å². The van der Waals surface area contributed by atoms with Gasteiger partial charge in [0.15, 0.2) is 16.7 Å². The maximum Gasteiger partial charge on any atom is 0.205 e. The molecule has 0 radical (unpaired) electrons. The van der Waals surface area contributed by atoms with E-state index in [9.17, 15) is 14.4 Å². The van der Waals surface area contributed by atoms with E-state index in [4.69, 9.17) is 0 Å². The molecule has 6 heteroatoms. The van der Waals surface area contributed by atoms with Crippen molar-refractivity contribution in [1.29, 1.82) is 0 Å². The molecule has 0 saturated heterocycles. The fourth-order valence-corrected chi connectivity index (χ4v) is 3.53. The van der Waals surface area contributed by atoms with Crippen LogP contribution >= 0.6 is 11.3 Å². The number of benzene rings is 2. The Morgan fingerprint density at radius 2 is 1.43 bits per heavy atom. The van der Waals surface area contributed by atoms with Crippen LogP contribution in [0, 0.1) is 0 Å². The normalized spacial score (nSPS) is 10.5. The van der Waals surface area contributed by atoms with Gasteiger partial charge >= 0.3 is 0 Å². The van der Waals surface area contributed by atoms with E-state index in [-0.39, 0.29) is 5.69 Å². The maximum absolute atomic E-state index is 12.3. The van der Waals surface area contributed by atoms with Crippen LogP contribution in [-0.2, 0) is 22.7 Å². The highest BCUT2D eigenvalue weighted by Gasteiger charge is 2.20. The molecule has 0 bridgehead atoms. The number of nitrogens with zero attached hydrogens (tertiary/aromatic N) is 2. The van der Waals surface area contributed by atoms with E-state index in [2.05, 4.69) is 9.88 Å². The van der Waals surface area contributed by atoms with Crippen molar-refractivity contribution in [3.05, 3.63) is 82.9 Å². The predicted molar refractivity (Wildman–Crippen MR) is 110 cm³/mol. The van der Waals surface area contributed by atoms with Gasteiger partial charge < -0.3 is 4.90 Å². The van der Waals surface area contributed by atoms with Gasteiger partial charge in [-0.3, -0.25) is 14.4 Å². The lowest BCUT2D eigenvalue weighted by Gasteiger charge is -2.22. The van der Waals surface area contributed by atoms with Gasteiger partial charge in [0.25, 0.3) is 0 Å². The van der Waals surface area contributed by atoms with Crippen molar-refractivity contribution in [3.8, 4) is 0 Å². The maximum atomic E-state index is 12.3. The molecule has 5 nitrogen and oxygen atoms in total. The number of anilines is 1. The quantitative estimate of drug-likeness (QED) is 0.312. The van der Waals surface area contributed by atoms with Crippen molar-refractivity contribution in [2.45, 2.75) is 26.4 Å². The summed E-state index contributed by atoms with van der Waals surface area (Å²) in [5.74, 6) is -1.73. The second-order valence-corrected chi connectivity index (χ2v) is 7.26. The smallest absolute Gasteiger partial charge is 0.205 e. The van der Waals surface area contributed by atoms with Gasteiger partial charge in [0.05, 0.1) is 6.42 Å². The minimum absolute atomic E-state index is 0.223. The average molecular weight is 392 g/mol. The van der Waals surface area contributed by atoms with Crippen molar-refractivity contribution in [1.82, 2.24) is 4.98 Å². The molecule has 2 aromatic carbocycles. The van der Waals surface area contributed by atoms with Crippen LogP contribution in [0.3, 0.4) is 0 Å². The molecular weight excluding hydrogens is 372 g/mol. The van der Waals surface area contributed by atoms with E-state index in [1.807, 2.05) is 60.7 Å². The molecule has 28 heavy (non-hydrogen) atoms. The minimum atomic E-state index is -0.690. The molecule has 142 valence electrons. The summed E-state index contributed by atoms with van der Waals surface area (Å²) in [6.07, 6.45) is -0.435. The molecule has 1 heterocycles. The summed E-state index contributed by atoms with van der Waals surface area (Å²) in [4.78, 5) is 41.5. The Morgan fingerprint density at radius 3 is 1.93 bits per heavy atom. The van der Waals surface area contributed by atoms with E-state index in [1.54, 1.807) is 5.38 Å². The number of rotatable bonds is 9. The first kappa shape index (κ1) is 19.6. The Labute approximate surface area is 167 Å². The highest BCUT2D eigenvalue weighted by Crippen LogP contribution is 2.25. The summed E-state index contributed by atoms with van der Waals surface area (Å²) in [7, 11) is 0. The third kappa shape index (κ3) is 5.20. The first-order chi connectivity index (χ1) is 13.5. The number of carbonyl (C=O) groups excluding carboxylic acids is 3. The summed E-state index contributed by atoms with van der Waals surface area (Å²) in [5, 5.41) is 2.35. The molecule has 0 aliphatic heterocycles. The van der Waals surface area contributed by atoms with Crippen LogP contribution in [0.1, 0.15) is 35.0 Å². The lowest BCUT2D eigenvalue weighted by atomic mass is 10.1. The van der Waals surface area contributed by atoms with E-state index in [0.717, 1.165) is 11.1 Å². The fourth-order valence-electron chi connectivity index (χ4n) is 2.70. The van der Waals surface area contributed by atoms with Crippen LogP contribution in [0.25, 0.3) is 0 Å². The molecule has 3 rings (SSSR count). The summed E-state index contributed by atoms with van der Waals surface area (Å²) < 4.78 is 0. The van der Waals surface area contributed by atoms with Gasteiger partial charge in [0.1, 0.15) is 5.69 Å². The first-order valence-electron chi connectivity index (χ1n) is 8.88. The molecule has 1 aromatic heterocycles. The number of thiazole rings is 1. The summed E-state index contributed by atoms with van der Waals surface area (Å²) >= 11 is 1.36. The number of aromatic nitrogens is 1. The summed E-state index contributed by atoms with van der Waals surface area (Å²) in [5.41, 5.74) is 2.49. The van der Waals surface area contributed by atoms with Gasteiger partial charge in [0, 0.05) is 25.4 Å². The second kappa shape index (κ2) is 9.19. The van der Waals surface area contributed by atoms with Crippen LogP contribution in [0.5, 0.6) is 0 Å². The molecule has 0 fully saturated rings. The lowest BCUT2D eigenvalue weighted by Crippen LogP contribution is -2.22. The molecule has 0 atom stereocenters. The zero-order chi connectivity index (χ0) is 19.9. The van der Waals surface area contributed by atoms with Crippen LogP contribution in [0.2, 0.25) is 0 Å². The standard InChI is InChI=1S/C22H20N2O3S/c1-16(25)20(26)12-21(27)19-15-28-22(23-19)24(13-17-8-4-2-5-9-17)14-18-10-6-3-7-11-18/h2-11,15H,12-14H2,1H3. The molecule has 0 spiro atoms. The third-order valence-electron chi connectivity index (χ3n) is 4.19. The number of ketones is 3. The number of hydrogen-bond acceptors (Lipinski definition) is 6. The van der Waals surface area contributed by atoms with Crippen molar-refractivity contribution in [2.24, 2.45) is 0 Å². The fraction of sp³-hybridized carbons (Fsp3) is 0.182. The highest BCUT2D eigenvalue weighted by molar-refractivity contribution is 7.13.